The fourth-order valence-corrected chi connectivity index (χ4v) is 15.1. The highest BCUT2D eigenvalue weighted by molar-refractivity contribution is 5.66. The second-order valence-corrected chi connectivity index (χ2v) is 34.2. The van der Waals surface area contributed by atoms with Crippen LogP contribution >= 0.6 is 0 Å². The third kappa shape index (κ3) is 25.7. The summed E-state index contributed by atoms with van der Waals surface area (Å²) in [6, 6.07) is 12.4. The number of methoxy groups -OCH3 is 1. The quantitative estimate of drug-likeness (QED) is 0.0168. The molecule has 13 rings (SSSR count). The Bertz CT molecular complexity index is 5100. The van der Waals surface area contributed by atoms with Crippen LogP contribution in [0.5, 0.6) is 0 Å². The van der Waals surface area contributed by atoms with Crippen molar-refractivity contribution in [3.63, 3.8) is 0 Å². The second-order valence-electron chi connectivity index (χ2n) is 34.2. The number of aliphatic hydroxyl groups excluding tert-OH is 2. The maximum absolute atomic E-state index is 13.8. The number of aromatic nitrogens is 12. The molecule has 8 heterocycles. The first-order valence-corrected chi connectivity index (χ1v) is 39.9. The Balaban J connectivity index is 0.000000208. The summed E-state index contributed by atoms with van der Waals surface area (Å²) in [5, 5.41) is 66.5. The average Bonchev–Trinajstić information content (AvgIpc) is 0.766. The third-order valence-corrected chi connectivity index (χ3v) is 23.6. The molecule has 127 heavy (non-hydrogen) atoms. The predicted molar refractivity (Wildman–Crippen MR) is 432 cm³/mol. The van der Waals surface area contributed by atoms with Gasteiger partial charge >= 0.3 is 24.7 Å². The van der Waals surface area contributed by atoms with Crippen LogP contribution in [0.2, 0.25) is 0 Å². The lowest BCUT2D eigenvalue weighted by molar-refractivity contribution is -0.606. The number of H-pyrrole nitrogens is 2. The van der Waals surface area contributed by atoms with Crippen LogP contribution in [0.25, 0.3) is 11.1 Å². The van der Waals surface area contributed by atoms with Crippen LogP contribution in [-0.4, -0.2) is 99.1 Å². The van der Waals surface area contributed by atoms with E-state index in [1.165, 1.54) is 44.9 Å². The average molecular weight is 1810 g/mol. The van der Waals surface area contributed by atoms with Crippen molar-refractivity contribution >= 4 is 29.4 Å². The number of hydrogen-bond donors (Lipinski definition) is 7. The Kier molecular flexibility index (Phi) is 31.9. The van der Waals surface area contributed by atoms with Gasteiger partial charge < -0.3 is 57.4 Å². The highest BCUT2D eigenvalue weighted by Crippen LogP contribution is 2.49. The van der Waals surface area contributed by atoms with Crippen molar-refractivity contribution < 1.29 is 114 Å². The van der Waals surface area contributed by atoms with Gasteiger partial charge in [-0.3, -0.25) is 0 Å². The van der Waals surface area contributed by atoms with Crippen LogP contribution in [0.1, 0.15) is 200 Å². The zero-order chi connectivity index (χ0) is 92.0. The van der Waals surface area contributed by atoms with E-state index >= 15 is 0 Å². The topological polar surface area (TPSA) is 349 Å². The summed E-state index contributed by atoms with van der Waals surface area (Å²) in [5.74, 6) is -7.03. The Hall–Kier alpha value is -11.1. The van der Waals surface area contributed by atoms with E-state index in [1.807, 2.05) is 32.3 Å². The second kappa shape index (κ2) is 40.0. The summed E-state index contributed by atoms with van der Waals surface area (Å²) in [7, 11) is 1.53. The molecule has 0 amide bonds. The molecule has 4 saturated carbocycles. The number of nitrogens with one attached hydrogen (secondary N) is 7. The molecule has 10 N–H and O–H groups in total. The van der Waals surface area contributed by atoms with E-state index in [0.717, 1.165) is 84.2 Å². The van der Waals surface area contributed by atoms with Crippen molar-refractivity contribution in [2.75, 3.05) is 33.7 Å². The van der Waals surface area contributed by atoms with Crippen molar-refractivity contribution in [1.29, 1.82) is 5.26 Å². The Morgan fingerprint density at radius 2 is 0.937 bits per heavy atom. The number of nitrogens with zero attached hydrogens (tertiary/aromatic N) is 11. The number of pyridine rings is 4. The Morgan fingerprint density at radius 3 is 1.36 bits per heavy atom. The van der Waals surface area contributed by atoms with Gasteiger partial charge in [-0.05, 0) is 98.8 Å². The molecular weight excluding hydrogens is 1700 g/mol. The standard InChI is InChI=1S/C26H28FN5.2C20H23F5N4O2.C19H21F6N5O.CH4.H2O/c1-26(2)10-7-18(8-11-26)13-24-20(14-28)16-30-25(32-24)31-17-21-15-29-12-9-23(21)19-3-5-22(27)6-4-19;2*1-18(2)14(8-15(18)30)27-17-13(20(23,24)25)9-26-16(28-17)5-4-11-10-29(31)7-6-12(11)19(3,21)22;1-17(2)13(6-14(17)31-3)29-15-12(19(23,24)25)9-28-16(30-15)27-8-10-7-26-5-4-11(10)18(20,21)22;;/h3-6,9,12,15-16,18H,7-8,10-11,13,17H2,1-2H3,(H,30,31,32);2*6-7,9-10,14-15,30H,4-5,8H2,1-3H3,(H,26,27,28);4-5,7,9,13-14H,6,8H2,1-3H3,(H2,27,28,29,30);1H4;1H2/p+1/t;14-,15+;14-,15-;;;/m.00.../s1. The van der Waals surface area contributed by atoms with E-state index < -0.39 is 117 Å². The molecule has 0 saturated heterocycles. The van der Waals surface area contributed by atoms with Crippen LogP contribution < -0.4 is 46.0 Å². The van der Waals surface area contributed by atoms with E-state index in [2.05, 4.69) is 91.4 Å². The first-order chi connectivity index (χ1) is 58.2. The number of halogens is 17. The molecule has 690 valence electrons. The zero-order valence-corrected chi connectivity index (χ0v) is 70.4. The van der Waals surface area contributed by atoms with Gasteiger partial charge in [-0.15, -0.1) is 0 Å². The van der Waals surface area contributed by atoms with Crippen molar-refractivity contribution in [2.45, 2.75) is 240 Å². The SMILES string of the molecule is C.CC(F)(F)c1cc[n+]([O-])cc1CCc1ncc(C(F)(F)F)c(N[C@H]2C[C@@H](O)C2(C)C)n1.CC(F)(F)c1cc[n+]([O-])cc1CCc1ncc(C(F)(F)F)c(N[C@H]2C[C@H](O)C2(C)C)n1.CC1(C)CCC(Cc2nc(NCc3c[nH+]ccc3-c3ccc(F)cc3)ncc2C#N)CC1.COC1CC(Nc2nc(NCc3c[nH+]ccc3C(F)(F)F)ncc2C(F)(F)F)C1(C)C.[OH-]. The number of nitriles is 1. The fraction of sp³-hybridized carbons (Fsp3) is 0.500. The molecule has 6 atom stereocenters. The molecule has 8 aromatic heterocycles. The van der Waals surface area contributed by atoms with Crippen molar-refractivity contribution in [1.82, 2.24) is 39.9 Å². The minimum atomic E-state index is -4.70. The molecular formula is C86H102F17N18O6+. The van der Waals surface area contributed by atoms with Gasteiger partial charge in [0.05, 0.1) is 41.3 Å². The minimum Gasteiger partial charge on any atom is -0.870 e. The molecule has 41 heteroatoms. The first kappa shape index (κ1) is 101. The van der Waals surface area contributed by atoms with Gasteiger partial charge in [-0.25, -0.2) is 66.8 Å². The van der Waals surface area contributed by atoms with Crippen LogP contribution in [0.15, 0.2) is 123 Å². The van der Waals surface area contributed by atoms with Crippen molar-refractivity contribution in [3.05, 3.63) is 218 Å². The van der Waals surface area contributed by atoms with Gasteiger partial charge in [-0.2, -0.15) is 72.4 Å². The summed E-state index contributed by atoms with van der Waals surface area (Å²) >= 11 is 0. The number of aliphatic hydroxyl groups is 2. The molecule has 0 bridgehead atoms. The summed E-state index contributed by atoms with van der Waals surface area (Å²) in [6.07, 6.45) is -0.131. The van der Waals surface area contributed by atoms with E-state index in [1.54, 1.807) is 46.0 Å². The van der Waals surface area contributed by atoms with E-state index in [0.29, 0.717) is 77.7 Å². The normalized spacial score (nSPS) is 19.3. The highest BCUT2D eigenvalue weighted by atomic mass is 19.4. The molecule has 0 aliphatic heterocycles. The number of ether oxygens (including phenoxy) is 1. The maximum Gasteiger partial charge on any atom is 0.421 e. The first-order valence-electron chi connectivity index (χ1n) is 39.9. The van der Waals surface area contributed by atoms with E-state index in [4.69, 9.17) is 9.72 Å². The molecule has 2 unspecified atom stereocenters. The number of hydrogen-bond acceptors (Lipinski definition) is 20. The number of benzene rings is 1. The molecule has 4 fully saturated rings. The summed E-state index contributed by atoms with van der Waals surface area (Å²) in [5.41, 5.74) is -1.64. The number of aromatic amines is 2. The van der Waals surface area contributed by atoms with Crippen LogP contribution in [0.4, 0.5) is 104 Å². The van der Waals surface area contributed by atoms with Gasteiger partial charge in [0.2, 0.25) is 11.9 Å². The lowest BCUT2D eigenvalue weighted by atomic mass is 9.64. The largest absolute Gasteiger partial charge is 0.870 e. The van der Waals surface area contributed by atoms with Gasteiger partial charge in [0.1, 0.15) is 57.7 Å². The summed E-state index contributed by atoms with van der Waals surface area (Å²) in [6.45, 7) is 16.9. The van der Waals surface area contributed by atoms with Crippen molar-refractivity contribution in [2.24, 2.45) is 27.6 Å². The van der Waals surface area contributed by atoms with E-state index in [-0.39, 0.29) is 121 Å². The molecule has 1 aromatic carbocycles. The number of aryl methyl sites for hydroxylation is 4. The lowest BCUT2D eigenvalue weighted by Crippen LogP contribution is -2.58. The Morgan fingerprint density at radius 1 is 0.520 bits per heavy atom. The smallest absolute Gasteiger partial charge is 0.421 e. The van der Waals surface area contributed by atoms with Gasteiger partial charge in [0, 0.05) is 157 Å². The molecule has 24 nitrogen and oxygen atoms in total. The number of alkyl halides is 16. The van der Waals surface area contributed by atoms with Crippen LogP contribution in [0.3, 0.4) is 0 Å². The maximum atomic E-state index is 13.8. The molecule has 4 aliphatic rings. The summed E-state index contributed by atoms with van der Waals surface area (Å²) in [4.78, 5) is 37.7. The van der Waals surface area contributed by atoms with Crippen molar-refractivity contribution in [3.8, 4) is 17.2 Å². The van der Waals surface area contributed by atoms with Crippen LogP contribution in [-0.2, 0) is 86.5 Å². The monoisotopic (exact) mass is 1810 g/mol. The molecule has 0 radical (unpaired) electrons. The molecule has 9 aromatic rings. The van der Waals surface area contributed by atoms with Gasteiger partial charge in [0.25, 0.3) is 11.8 Å². The number of anilines is 5. The number of rotatable bonds is 24. The third-order valence-electron chi connectivity index (χ3n) is 23.6. The fourth-order valence-electron chi connectivity index (χ4n) is 15.1. The summed E-state index contributed by atoms with van der Waals surface area (Å²) < 4.78 is 235. The minimum absolute atomic E-state index is 0. The predicted octanol–water partition coefficient (Wildman–Crippen LogP) is 17.2. The Labute approximate surface area is 722 Å². The highest BCUT2D eigenvalue weighted by Gasteiger charge is 2.52. The molecule has 4 aliphatic carbocycles. The molecule has 0 spiro atoms. The van der Waals surface area contributed by atoms with Gasteiger partial charge in [-0.1, -0.05) is 74.9 Å². The van der Waals surface area contributed by atoms with E-state index in [9.17, 15) is 101 Å². The lowest BCUT2D eigenvalue weighted by Gasteiger charge is -2.51. The van der Waals surface area contributed by atoms with Crippen LogP contribution in [0, 0.1) is 55.1 Å². The zero-order valence-electron chi connectivity index (χ0n) is 70.4. The van der Waals surface area contributed by atoms with Gasteiger partial charge in [0.15, 0.2) is 49.6 Å².